The van der Waals surface area contributed by atoms with Crippen LogP contribution in [0.25, 0.3) is 10.9 Å². The van der Waals surface area contributed by atoms with Crippen molar-refractivity contribution in [3.63, 3.8) is 0 Å². The molecule has 0 saturated heterocycles. The first kappa shape index (κ1) is 22.7. The number of hydrogen-bond acceptors (Lipinski definition) is 5. The number of halogens is 2. The summed E-state index contributed by atoms with van der Waals surface area (Å²) in [5, 5.41) is 20.7. The second kappa shape index (κ2) is 9.01. The lowest BCUT2D eigenvalue weighted by Crippen LogP contribution is -2.56. The lowest BCUT2D eigenvalue weighted by atomic mass is 10.0. The number of aromatic nitrogens is 2. The average Bonchev–Trinajstić information content (AvgIpc) is 3.07. The van der Waals surface area contributed by atoms with Crippen molar-refractivity contribution in [2.45, 2.75) is 38.7 Å². The fraction of sp³-hybridized carbons (Fsp3) is 0.286. The van der Waals surface area contributed by atoms with E-state index in [1.165, 1.54) is 16.8 Å². The molecule has 0 aliphatic heterocycles. The van der Waals surface area contributed by atoms with Crippen LogP contribution in [0.3, 0.4) is 0 Å². The Morgan fingerprint density at radius 2 is 1.97 bits per heavy atom. The van der Waals surface area contributed by atoms with Gasteiger partial charge < -0.3 is 16.2 Å². The predicted molar refractivity (Wildman–Crippen MR) is 115 cm³/mol. The lowest BCUT2D eigenvalue weighted by Gasteiger charge is -2.28. The molecule has 2 amide bonds. The van der Waals surface area contributed by atoms with E-state index in [0.717, 1.165) is 0 Å². The summed E-state index contributed by atoms with van der Waals surface area (Å²) in [7, 11) is 0. The third-order valence-corrected chi connectivity index (χ3v) is 5.10. The van der Waals surface area contributed by atoms with E-state index in [1.54, 1.807) is 44.2 Å². The van der Waals surface area contributed by atoms with Crippen molar-refractivity contribution < 1.29 is 19.1 Å². The zero-order chi connectivity index (χ0) is 22.8. The average molecular weight is 448 g/mol. The van der Waals surface area contributed by atoms with E-state index >= 15 is 0 Å². The Hall–Kier alpha value is -3.01. The number of aliphatic hydroxyl groups is 1. The molecular formula is C21H23ClFN5O3. The van der Waals surface area contributed by atoms with Gasteiger partial charge in [-0.05, 0) is 26.0 Å². The first-order chi connectivity index (χ1) is 14.6. The highest BCUT2D eigenvalue weighted by molar-refractivity contribution is 6.30. The first-order valence-electron chi connectivity index (χ1n) is 9.52. The monoisotopic (exact) mass is 447 g/mol. The summed E-state index contributed by atoms with van der Waals surface area (Å²) in [5.74, 6) is -1.72. The van der Waals surface area contributed by atoms with Crippen molar-refractivity contribution >= 4 is 34.3 Å². The third-order valence-electron chi connectivity index (χ3n) is 4.80. The van der Waals surface area contributed by atoms with Crippen molar-refractivity contribution in [3.05, 3.63) is 64.6 Å². The molecule has 1 atom stereocenters. The first-order valence-corrected chi connectivity index (χ1v) is 9.90. The number of fused-ring (bicyclic) bond motifs is 1. The number of nitrogens with zero attached hydrogens (tertiary/aromatic N) is 2. The van der Waals surface area contributed by atoms with Gasteiger partial charge in [-0.3, -0.25) is 19.6 Å². The van der Waals surface area contributed by atoms with Crippen LogP contribution in [0.15, 0.2) is 42.5 Å². The number of nitrogens with one attached hydrogen (secondary N) is 2. The van der Waals surface area contributed by atoms with E-state index in [4.69, 9.17) is 17.3 Å². The van der Waals surface area contributed by atoms with Crippen LogP contribution in [0.5, 0.6) is 0 Å². The van der Waals surface area contributed by atoms with Crippen LogP contribution >= 0.6 is 11.6 Å². The molecule has 10 heteroatoms. The molecule has 0 aliphatic rings. The summed E-state index contributed by atoms with van der Waals surface area (Å²) in [6.07, 6.45) is -1.17. The van der Waals surface area contributed by atoms with Gasteiger partial charge in [-0.1, -0.05) is 41.9 Å². The Morgan fingerprint density at radius 3 is 2.68 bits per heavy atom. The summed E-state index contributed by atoms with van der Waals surface area (Å²) in [4.78, 5) is 24.3. The highest BCUT2D eigenvalue weighted by atomic mass is 35.5. The Bertz CT molecular complexity index is 1130. The van der Waals surface area contributed by atoms with E-state index in [9.17, 15) is 19.1 Å². The molecule has 31 heavy (non-hydrogen) atoms. The number of aliphatic hydroxyl groups excluding tert-OH is 1. The largest absolute Gasteiger partial charge is 0.377 e. The predicted octanol–water partition coefficient (Wildman–Crippen LogP) is 1.93. The van der Waals surface area contributed by atoms with Crippen LogP contribution in [0, 0.1) is 5.82 Å². The van der Waals surface area contributed by atoms with Crippen molar-refractivity contribution in [1.29, 1.82) is 0 Å². The number of carbonyl (C=O) groups excluding carboxylic acids is 2. The molecule has 1 aromatic heterocycles. The van der Waals surface area contributed by atoms with Gasteiger partial charge in [0.2, 0.25) is 5.91 Å². The van der Waals surface area contributed by atoms with Crippen LogP contribution in [-0.4, -0.2) is 38.5 Å². The van der Waals surface area contributed by atoms with Crippen LogP contribution in [0.4, 0.5) is 4.39 Å². The Morgan fingerprint density at radius 1 is 1.26 bits per heavy atom. The quantitative estimate of drug-likeness (QED) is 0.393. The maximum atomic E-state index is 14.0. The second-order valence-corrected chi connectivity index (χ2v) is 8.00. The normalized spacial score (nSPS) is 12.7. The SMILES string of the molecule is CC(C)(NC(O)Cn1nc(C(N)=O)c2ccccc21)C(=O)NCc1cccc(Cl)c1F. The molecule has 2 aromatic carbocycles. The van der Waals surface area contributed by atoms with Gasteiger partial charge in [0.1, 0.15) is 12.0 Å². The van der Waals surface area contributed by atoms with Gasteiger partial charge >= 0.3 is 0 Å². The Balaban J connectivity index is 1.67. The number of carbonyl (C=O) groups is 2. The van der Waals surface area contributed by atoms with Crippen LogP contribution < -0.4 is 16.4 Å². The fourth-order valence-corrected chi connectivity index (χ4v) is 3.42. The molecule has 0 bridgehead atoms. The van der Waals surface area contributed by atoms with Gasteiger partial charge in [-0.15, -0.1) is 0 Å². The number of rotatable bonds is 8. The summed E-state index contributed by atoms with van der Waals surface area (Å²) in [5.41, 5.74) is 5.17. The summed E-state index contributed by atoms with van der Waals surface area (Å²) >= 11 is 5.76. The standard InChI is InChI=1S/C21H23ClFN5O3/c1-21(2,20(31)25-10-12-6-5-8-14(22)17(12)23)26-16(29)11-28-15-9-4-3-7-13(15)18(27-28)19(24)30/h3-9,16,26,29H,10-11H2,1-2H3,(H2,24,30)(H,25,31). The number of para-hydroxylation sites is 1. The maximum Gasteiger partial charge on any atom is 0.269 e. The smallest absolute Gasteiger partial charge is 0.269 e. The molecule has 0 spiro atoms. The highest BCUT2D eigenvalue weighted by Gasteiger charge is 2.30. The van der Waals surface area contributed by atoms with Gasteiger partial charge in [-0.25, -0.2) is 4.39 Å². The van der Waals surface area contributed by atoms with Crippen molar-refractivity contribution in [1.82, 2.24) is 20.4 Å². The number of benzene rings is 2. The van der Waals surface area contributed by atoms with E-state index in [1.807, 2.05) is 0 Å². The Kier molecular flexibility index (Phi) is 6.59. The fourth-order valence-electron chi connectivity index (χ4n) is 3.22. The van der Waals surface area contributed by atoms with Gasteiger partial charge in [-0.2, -0.15) is 5.10 Å². The minimum absolute atomic E-state index is 0.0265. The van der Waals surface area contributed by atoms with Crippen LogP contribution in [0.1, 0.15) is 29.9 Å². The molecular weight excluding hydrogens is 425 g/mol. The number of hydrogen-bond donors (Lipinski definition) is 4. The van der Waals surface area contributed by atoms with Crippen molar-refractivity contribution in [2.75, 3.05) is 0 Å². The highest BCUT2D eigenvalue weighted by Crippen LogP contribution is 2.19. The van der Waals surface area contributed by atoms with E-state index < -0.39 is 29.4 Å². The molecule has 0 saturated carbocycles. The second-order valence-electron chi connectivity index (χ2n) is 7.59. The number of primary amides is 1. The van der Waals surface area contributed by atoms with E-state index in [0.29, 0.717) is 10.9 Å². The van der Waals surface area contributed by atoms with Gasteiger partial charge in [0.25, 0.3) is 5.91 Å². The third kappa shape index (κ3) is 5.01. The molecule has 8 nitrogen and oxygen atoms in total. The minimum Gasteiger partial charge on any atom is -0.377 e. The Labute approximate surface area is 183 Å². The number of amides is 2. The van der Waals surface area contributed by atoms with Crippen LogP contribution in [0.2, 0.25) is 5.02 Å². The molecule has 5 N–H and O–H groups in total. The molecule has 1 heterocycles. The summed E-state index contributed by atoms with van der Waals surface area (Å²) in [6.45, 7) is 3.07. The summed E-state index contributed by atoms with van der Waals surface area (Å²) < 4.78 is 15.5. The minimum atomic E-state index is -1.19. The number of nitrogens with two attached hydrogens (primary N) is 1. The zero-order valence-corrected chi connectivity index (χ0v) is 17.8. The molecule has 3 rings (SSSR count). The molecule has 1 unspecified atom stereocenters. The van der Waals surface area contributed by atoms with Crippen molar-refractivity contribution in [3.8, 4) is 0 Å². The van der Waals surface area contributed by atoms with Crippen LogP contribution in [-0.2, 0) is 17.9 Å². The van der Waals surface area contributed by atoms with E-state index in [-0.39, 0.29) is 29.4 Å². The molecule has 3 aromatic rings. The lowest BCUT2D eigenvalue weighted by molar-refractivity contribution is -0.128. The van der Waals surface area contributed by atoms with E-state index in [2.05, 4.69) is 15.7 Å². The molecule has 0 aliphatic carbocycles. The zero-order valence-electron chi connectivity index (χ0n) is 17.0. The molecule has 0 fully saturated rings. The topological polar surface area (TPSA) is 122 Å². The maximum absolute atomic E-state index is 14.0. The van der Waals surface area contributed by atoms with Crippen molar-refractivity contribution in [2.24, 2.45) is 5.73 Å². The molecule has 0 radical (unpaired) electrons. The molecule has 164 valence electrons. The van der Waals surface area contributed by atoms with Gasteiger partial charge in [0, 0.05) is 17.5 Å². The van der Waals surface area contributed by atoms with Gasteiger partial charge in [0.05, 0.1) is 22.6 Å². The van der Waals surface area contributed by atoms with Gasteiger partial charge in [0.15, 0.2) is 5.69 Å². The summed E-state index contributed by atoms with van der Waals surface area (Å²) in [6, 6.07) is 11.5.